The van der Waals surface area contributed by atoms with Gasteiger partial charge in [-0.25, -0.2) is 0 Å². The Hall–Kier alpha value is -1.45. The van der Waals surface area contributed by atoms with Gasteiger partial charge in [0.15, 0.2) is 0 Å². The van der Waals surface area contributed by atoms with Crippen molar-refractivity contribution in [2.75, 3.05) is 0 Å². The molecule has 2 rings (SSSR count). The largest absolute Gasteiger partial charge is 0.307 e. The van der Waals surface area contributed by atoms with Crippen LogP contribution in [0.4, 0.5) is 0 Å². The fraction of sp³-hybridized carbons (Fsp3) is 0.231. The Kier molecular flexibility index (Phi) is 4.07. The van der Waals surface area contributed by atoms with Gasteiger partial charge in [-0.2, -0.15) is 0 Å². The van der Waals surface area contributed by atoms with Crippen LogP contribution in [-0.4, -0.2) is 9.97 Å². The summed E-state index contributed by atoms with van der Waals surface area (Å²) in [6.45, 7) is 3.44. The van der Waals surface area contributed by atoms with Crippen LogP contribution in [-0.2, 0) is 13.1 Å². The highest BCUT2D eigenvalue weighted by Gasteiger charge is 1.96. The van der Waals surface area contributed by atoms with Crippen LogP contribution in [0.2, 0.25) is 5.02 Å². The molecule has 2 aromatic rings. The summed E-state index contributed by atoms with van der Waals surface area (Å²) < 4.78 is 0. The first-order valence-corrected chi connectivity index (χ1v) is 5.84. The number of nitrogens with zero attached hydrogens (tertiary/aromatic N) is 2. The molecule has 0 aliphatic rings. The quantitative estimate of drug-likeness (QED) is 0.903. The Balaban J connectivity index is 1.83. The predicted molar refractivity (Wildman–Crippen MR) is 68.8 cm³/mol. The topological polar surface area (TPSA) is 37.8 Å². The van der Waals surface area contributed by atoms with Crippen LogP contribution in [0.3, 0.4) is 0 Å². The number of rotatable bonds is 4. The maximum atomic E-state index is 5.82. The normalized spacial score (nSPS) is 10.5. The standard InChI is InChI=1S/C13H14ClN3/c1-10-6-17-13(9-16-10)8-15-7-11-2-4-12(14)5-3-11/h2-6,9,15H,7-8H2,1H3. The monoisotopic (exact) mass is 247 g/mol. The van der Waals surface area contributed by atoms with Crippen LogP contribution >= 0.6 is 11.6 Å². The minimum Gasteiger partial charge on any atom is -0.307 e. The Morgan fingerprint density at radius 1 is 1.06 bits per heavy atom. The van der Waals surface area contributed by atoms with E-state index < -0.39 is 0 Å². The van der Waals surface area contributed by atoms with Crippen molar-refractivity contribution in [3.63, 3.8) is 0 Å². The molecule has 1 heterocycles. The first kappa shape index (κ1) is 12.0. The van der Waals surface area contributed by atoms with Gasteiger partial charge in [-0.05, 0) is 24.6 Å². The average Bonchev–Trinajstić information content (AvgIpc) is 2.34. The molecular formula is C13H14ClN3. The fourth-order valence-corrected chi connectivity index (χ4v) is 1.57. The van der Waals surface area contributed by atoms with E-state index in [4.69, 9.17) is 11.6 Å². The van der Waals surface area contributed by atoms with E-state index in [-0.39, 0.29) is 0 Å². The summed E-state index contributed by atoms with van der Waals surface area (Å²) in [5.74, 6) is 0. The first-order valence-electron chi connectivity index (χ1n) is 5.47. The molecule has 0 unspecified atom stereocenters. The third-order valence-electron chi connectivity index (χ3n) is 2.38. The Morgan fingerprint density at radius 3 is 2.47 bits per heavy atom. The number of nitrogens with one attached hydrogen (secondary N) is 1. The second-order valence-electron chi connectivity index (χ2n) is 3.88. The molecule has 0 aliphatic heterocycles. The molecule has 0 bridgehead atoms. The van der Waals surface area contributed by atoms with E-state index in [0.717, 1.165) is 29.5 Å². The van der Waals surface area contributed by atoms with Gasteiger partial charge in [0.05, 0.1) is 11.4 Å². The van der Waals surface area contributed by atoms with E-state index in [2.05, 4.69) is 15.3 Å². The predicted octanol–water partition coefficient (Wildman–Crippen LogP) is 2.73. The summed E-state index contributed by atoms with van der Waals surface area (Å²) in [4.78, 5) is 8.47. The molecule has 1 N–H and O–H groups in total. The van der Waals surface area contributed by atoms with Crippen molar-refractivity contribution in [3.8, 4) is 0 Å². The molecule has 0 spiro atoms. The zero-order valence-electron chi connectivity index (χ0n) is 9.65. The zero-order chi connectivity index (χ0) is 12.1. The average molecular weight is 248 g/mol. The number of aryl methyl sites for hydroxylation is 1. The van der Waals surface area contributed by atoms with Gasteiger partial charge < -0.3 is 5.32 Å². The van der Waals surface area contributed by atoms with Gasteiger partial charge in [-0.15, -0.1) is 0 Å². The van der Waals surface area contributed by atoms with Crippen molar-refractivity contribution in [2.45, 2.75) is 20.0 Å². The lowest BCUT2D eigenvalue weighted by Crippen LogP contribution is -2.13. The van der Waals surface area contributed by atoms with Crippen LogP contribution in [0.5, 0.6) is 0 Å². The van der Waals surface area contributed by atoms with Crippen molar-refractivity contribution in [1.82, 2.24) is 15.3 Å². The SMILES string of the molecule is Cc1cnc(CNCc2ccc(Cl)cc2)cn1. The molecule has 17 heavy (non-hydrogen) atoms. The van der Waals surface area contributed by atoms with Crippen molar-refractivity contribution >= 4 is 11.6 Å². The summed E-state index contributed by atoms with van der Waals surface area (Å²) >= 11 is 5.82. The molecule has 0 aliphatic carbocycles. The molecule has 1 aromatic carbocycles. The molecule has 0 saturated heterocycles. The van der Waals surface area contributed by atoms with Crippen molar-refractivity contribution < 1.29 is 0 Å². The number of benzene rings is 1. The molecule has 3 nitrogen and oxygen atoms in total. The molecule has 88 valence electrons. The second kappa shape index (κ2) is 5.75. The number of aromatic nitrogens is 2. The Labute approximate surface area is 106 Å². The summed E-state index contributed by atoms with van der Waals surface area (Å²) in [5.41, 5.74) is 3.09. The molecule has 4 heteroatoms. The van der Waals surface area contributed by atoms with Crippen LogP contribution in [0.25, 0.3) is 0 Å². The summed E-state index contributed by atoms with van der Waals surface area (Å²) in [6, 6.07) is 7.81. The van der Waals surface area contributed by atoms with Crippen LogP contribution in [0, 0.1) is 6.92 Å². The highest BCUT2D eigenvalue weighted by molar-refractivity contribution is 6.30. The highest BCUT2D eigenvalue weighted by atomic mass is 35.5. The van der Waals surface area contributed by atoms with Gasteiger partial charge in [0.2, 0.25) is 0 Å². The zero-order valence-corrected chi connectivity index (χ0v) is 10.4. The third-order valence-corrected chi connectivity index (χ3v) is 2.63. The lowest BCUT2D eigenvalue weighted by atomic mass is 10.2. The fourth-order valence-electron chi connectivity index (χ4n) is 1.45. The van der Waals surface area contributed by atoms with Gasteiger partial charge in [0, 0.05) is 30.5 Å². The second-order valence-corrected chi connectivity index (χ2v) is 4.32. The van der Waals surface area contributed by atoms with Crippen LogP contribution in [0.1, 0.15) is 17.0 Å². The van der Waals surface area contributed by atoms with Crippen molar-refractivity contribution in [3.05, 3.63) is 58.6 Å². The highest BCUT2D eigenvalue weighted by Crippen LogP contribution is 2.09. The smallest absolute Gasteiger partial charge is 0.0724 e. The molecule has 1 aromatic heterocycles. The van der Waals surface area contributed by atoms with E-state index in [1.165, 1.54) is 5.56 Å². The molecule has 0 radical (unpaired) electrons. The summed E-state index contributed by atoms with van der Waals surface area (Å²) in [7, 11) is 0. The van der Waals surface area contributed by atoms with Gasteiger partial charge in [-0.3, -0.25) is 9.97 Å². The van der Waals surface area contributed by atoms with Gasteiger partial charge in [0.25, 0.3) is 0 Å². The summed E-state index contributed by atoms with van der Waals surface area (Å²) in [6.07, 6.45) is 3.57. The molecule has 0 fully saturated rings. The van der Waals surface area contributed by atoms with Gasteiger partial charge in [-0.1, -0.05) is 23.7 Å². The van der Waals surface area contributed by atoms with E-state index >= 15 is 0 Å². The van der Waals surface area contributed by atoms with Gasteiger partial charge in [0.1, 0.15) is 0 Å². The number of hydrogen-bond donors (Lipinski definition) is 1. The lowest BCUT2D eigenvalue weighted by Gasteiger charge is -2.04. The van der Waals surface area contributed by atoms with Crippen molar-refractivity contribution in [2.24, 2.45) is 0 Å². The first-order chi connectivity index (χ1) is 8.24. The third kappa shape index (κ3) is 3.80. The molecule has 0 amide bonds. The molecule has 0 saturated carbocycles. The summed E-state index contributed by atoms with van der Waals surface area (Å²) in [5, 5.41) is 4.07. The lowest BCUT2D eigenvalue weighted by molar-refractivity contribution is 0.676. The van der Waals surface area contributed by atoms with Crippen LogP contribution in [0.15, 0.2) is 36.7 Å². The van der Waals surface area contributed by atoms with E-state index in [9.17, 15) is 0 Å². The number of hydrogen-bond acceptors (Lipinski definition) is 3. The maximum absolute atomic E-state index is 5.82. The minimum atomic E-state index is 0.718. The minimum absolute atomic E-state index is 0.718. The van der Waals surface area contributed by atoms with Crippen molar-refractivity contribution in [1.29, 1.82) is 0 Å². The maximum Gasteiger partial charge on any atom is 0.0724 e. The van der Waals surface area contributed by atoms with E-state index in [1.54, 1.807) is 12.4 Å². The van der Waals surface area contributed by atoms with Gasteiger partial charge >= 0.3 is 0 Å². The Bertz CT molecular complexity index is 420. The number of halogens is 1. The molecular weight excluding hydrogens is 234 g/mol. The Morgan fingerprint density at radius 2 is 1.82 bits per heavy atom. The van der Waals surface area contributed by atoms with E-state index in [1.807, 2.05) is 31.2 Å². The van der Waals surface area contributed by atoms with Crippen LogP contribution < -0.4 is 5.32 Å². The molecule has 0 atom stereocenters. The van der Waals surface area contributed by atoms with E-state index in [0.29, 0.717) is 0 Å².